The first-order valence-electron chi connectivity index (χ1n) is 8.38. The second kappa shape index (κ2) is 6.75. The monoisotopic (exact) mass is 327 g/mol. The van der Waals surface area contributed by atoms with Crippen LogP contribution in [0.3, 0.4) is 0 Å². The fourth-order valence-corrected chi connectivity index (χ4v) is 3.60. The van der Waals surface area contributed by atoms with Crippen LogP contribution in [0.2, 0.25) is 0 Å². The van der Waals surface area contributed by atoms with Crippen LogP contribution in [0.25, 0.3) is 0 Å². The van der Waals surface area contributed by atoms with Crippen molar-refractivity contribution in [2.45, 2.75) is 25.1 Å². The van der Waals surface area contributed by atoms with Crippen molar-refractivity contribution >= 4 is 5.91 Å². The maximum atomic E-state index is 12.6. The molecule has 0 saturated carbocycles. The van der Waals surface area contributed by atoms with Crippen LogP contribution in [0, 0.1) is 0 Å². The van der Waals surface area contributed by atoms with E-state index in [2.05, 4.69) is 9.88 Å². The Morgan fingerprint density at radius 1 is 1.25 bits per heavy atom. The van der Waals surface area contributed by atoms with Crippen molar-refractivity contribution in [2.75, 3.05) is 26.2 Å². The van der Waals surface area contributed by atoms with E-state index in [1.807, 2.05) is 29.4 Å². The van der Waals surface area contributed by atoms with Gasteiger partial charge in [-0.25, -0.2) is 0 Å². The number of hydrogen-bond donors (Lipinski definition) is 0. The number of fused-ring (bicyclic) bond motifs is 1. The van der Waals surface area contributed by atoms with E-state index in [4.69, 9.17) is 9.15 Å². The third kappa shape index (κ3) is 3.07. The zero-order chi connectivity index (χ0) is 16.4. The van der Waals surface area contributed by atoms with Gasteiger partial charge in [-0.2, -0.15) is 0 Å². The Labute approximate surface area is 141 Å². The minimum absolute atomic E-state index is 0.0344. The number of piperidine rings is 1. The Balaban J connectivity index is 1.48. The number of furan rings is 1. The van der Waals surface area contributed by atoms with Crippen LogP contribution in [0.1, 0.15) is 22.5 Å². The van der Waals surface area contributed by atoms with Crippen LogP contribution < -0.4 is 0 Å². The molecule has 2 saturated heterocycles. The highest BCUT2D eigenvalue weighted by molar-refractivity contribution is 5.91. The first-order valence-corrected chi connectivity index (χ1v) is 8.38. The lowest BCUT2D eigenvalue weighted by Crippen LogP contribution is -2.60. The summed E-state index contributed by atoms with van der Waals surface area (Å²) < 4.78 is 11.2. The number of nitrogens with zero attached hydrogens (tertiary/aromatic N) is 3. The summed E-state index contributed by atoms with van der Waals surface area (Å²) >= 11 is 0. The van der Waals surface area contributed by atoms with E-state index in [0.717, 1.165) is 26.1 Å². The summed E-state index contributed by atoms with van der Waals surface area (Å²) in [6, 6.07) is 7.78. The van der Waals surface area contributed by atoms with Gasteiger partial charge in [0.1, 0.15) is 0 Å². The summed E-state index contributed by atoms with van der Waals surface area (Å²) in [4.78, 5) is 20.9. The number of ether oxygens (including phenoxy) is 1. The third-order valence-electron chi connectivity index (χ3n) is 4.85. The number of aromatic nitrogens is 1. The van der Waals surface area contributed by atoms with Gasteiger partial charge in [0, 0.05) is 38.6 Å². The Morgan fingerprint density at radius 3 is 2.92 bits per heavy atom. The number of likely N-dealkylation sites (tertiary alicyclic amines) is 1. The molecule has 0 bridgehead atoms. The molecule has 2 aromatic heterocycles. The van der Waals surface area contributed by atoms with Crippen LogP contribution in [-0.2, 0) is 11.3 Å². The zero-order valence-electron chi connectivity index (χ0n) is 13.5. The van der Waals surface area contributed by atoms with Gasteiger partial charge in [-0.3, -0.25) is 14.7 Å². The van der Waals surface area contributed by atoms with Crippen LogP contribution in [0.15, 0.2) is 47.3 Å². The van der Waals surface area contributed by atoms with Crippen molar-refractivity contribution in [3.8, 4) is 0 Å². The minimum atomic E-state index is -0.0344. The quantitative estimate of drug-likeness (QED) is 0.860. The van der Waals surface area contributed by atoms with Gasteiger partial charge in [0.2, 0.25) is 0 Å². The summed E-state index contributed by atoms with van der Waals surface area (Å²) in [6.45, 7) is 3.87. The second-order valence-corrected chi connectivity index (χ2v) is 6.32. The third-order valence-corrected chi connectivity index (χ3v) is 4.85. The Kier molecular flexibility index (Phi) is 4.32. The van der Waals surface area contributed by atoms with Crippen molar-refractivity contribution in [2.24, 2.45) is 0 Å². The highest BCUT2D eigenvalue weighted by atomic mass is 16.5. The Hall–Kier alpha value is -2.18. The molecule has 2 atom stereocenters. The van der Waals surface area contributed by atoms with Crippen molar-refractivity contribution in [3.63, 3.8) is 0 Å². The van der Waals surface area contributed by atoms with E-state index in [-0.39, 0.29) is 18.1 Å². The Bertz CT molecular complexity index is 674. The molecule has 0 aromatic carbocycles. The van der Waals surface area contributed by atoms with E-state index >= 15 is 0 Å². The molecule has 0 radical (unpaired) electrons. The van der Waals surface area contributed by atoms with Crippen LogP contribution in [-0.4, -0.2) is 59.1 Å². The predicted molar refractivity (Wildman–Crippen MR) is 87.4 cm³/mol. The zero-order valence-corrected chi connectivity index (χ0v) is 13.5. The second-order valence-electron chi connectivity index (χ2n) is 6.32. The van der Waals surface area contributed by atoms with Crippen LogP contribution >= 0.6 is 0 Å². The average molecular weight is 327 g/mol. The fourth-order valence-electron chi connectivity index (χ4n) is 3.60. The van der Waals surface area contributed by atoms with Gasteiger partial charge in [0.25, 0.3) is 5.91 Å². The van der Waals surface area contributed by atoms with Crippen molar-refractivity contribution in [1.29, 1.82) is 0 Å². The van der Waals surface area contributed by atoms with Gasteiger partial charge in [0.15, 0.2) is 5.76 Å². The van der Waals surface area contributed by atoms with E-state index in [0.29, 0.717) is 18.8 Å². The molecule has 2 aliphatic heterocycles. The minimum Gasteiger partial charge on any atom is -0.459 e. The fraction of sp³-hybridized carbons (Fsp3) is 0.444. The van der Waals surface area contributed by atoms with Crippen molar-refractivity contribution < 1.29 is 13.9 Å². The first-order chi connectivity index (χ1) is 11.8. The van der Waals surface area contributed by atoms with Gasteiger partial charge in [0.05, 0.1) is 25.0 Å². The molecule has 0 aliphatic carbocycles. The molecule has 0 spiro atoms. The SMILES string of the molecule is O=C(c1ccco1)N1CC[C@H]2OCCN(Cc3ccncc3)[C@@H]2C1. The lowest BCUT2D eigenvalue weighted by atomic mass is 9.98. The molecule has 4 rings (SSSR count). The van der Waals surface area contributed by atoms with Crippen LogP contribution in [0.5, 0.6) is 0 Å². The molecule has 4 heterocycles. The molecule has 24 heavy (non-hydrogen) atoms. The van der Waals surface area contributed by atoms with Crippen molar-refractivity contribution in [3.05, 3.63) is 54.2 Å². The molecule has 2 aliphatic rings. The number of amides is 1. The molecule has 2 aromatic rings. The summed E-state index contributed by atoms with van der Waals surface area (Å²) in [5.41, 5.74) is 1.24. The number of carbonyl (C=O) groups is 1. The highest BCUT2D eigenvalue weighted by Crippen LogP contribution is 2.25. The molecule has 2 fully saturated rings. The predicted octanol–water partition coefficient (Wildman–Crippen LogP) is 1.79. The lowest BCUT2D eigenvalue weighted by Gasteiger charge is -2.47. The first kappa shape index (κ1) is 15.4. The highest BCUT2D eigenvalue weighted by Gasteiger charge is 2.38. The molecular formula is C18H21N3O3. The molecule has 126 valence electrons. The maximum Gasteiger partial charge on any atom is 0.289 e. The molecule has 1 amide bonds. The van der Waals surface area contributed by atoms with Gasteiger partial charge in [-0.1, -0.05) is 0 Å². The van der Waals surface area contributed by atoms with Crippen molar-refractivity contribution in [1.82, 2.24) is 14.8 Å². The van der Waals surface area contributed by atoms with Gasteiger partial charge >= 0.3 is 0 Å². The number of rotatable bonds is 3. The molecular weight excluding hydrogens is 306 g/mol. The van der Waals surface area contributed by atoms with Crippen LogP contribution in [0.4, 0.5) is 0 Å². The topological polar surface area (TPSA) is 58.8 Å². The van der Waals surface area contributed by atoms with Gasteiger partial charge in [-0.15, -0.1) is 0 Å². The average Bonchev–Trinajstić information content (AvgIpc) is 3.17. The van der Waals surface area contributed by atoms with E-state index < -0.39 is 0 Å². The normalized spacial score (nSPS) is 24.6. The number of hydrogen-bond acceptors (Lipinski definition) is 5. The van der Waals surface area contributed by atoms with Gasteiger partial charge in [-0.05, 0) is 36.2 Å². The molecule has 0 unspecified atom stereocenters. The number of carbonyl (C=O) groups excluding carboxylic acids is 1. The maximum absolute atomic E-state index is 12.6. The largest absolute Gasteiger partial charge is 0.459 e. The summed E-state index contributed by atoms with van der Waals surface area (Å²) in [7, 11) is 0. The molecule has 6 heteroatoms. The van der Waals surface area contributed by atoms with E-state index in [1.54, 1.807) is 18.4 Å². The standard InChI is InChI=1S/C18H21N3O3/c22-18(17-2-1-10-23-17)21-8-5-16-15(13-21)20(9-11-24-16)12-14-3-6-19-7-4-14/h1-4,6-7,10,15-16H,5,8-9,11-13H2/t15-,16-/m1/s1. The number of pyridine rings is 1. The number of morpholine rings is 1. The molecule has 6 nitrogen and oxygen atoms in total. The summed E-state index contributed by atoms with van der Waals surface area (Å²) in [5.74, 6) is 0.374. The van der Waals surface area contributed by atoms with Gasteiger partial charge < -0.3 is 14.1 Å². The summed E-state index contributed by atoms with van der Waals surface area (Å²) in [5, 5.41) is 0. The Morgan fingerprint density at radius 2 is 2.12 bits per heavy atom. The van der Waals surface area contributed by atoms with E-state index in [9.17, 15) is 4.79 Å². The lowest BCUT2D eigenvalue weighted by molar-refractivity contribution is -0.101. The smallest absolute Gasteiger partial charge is 0.289 e. The van der Waals surface area contributed by atoms with E-state index in [1.165, 1.54) is 5.56 Å². The summed E-state index contributed by atoms with van der Waals surface area (Å²) in [6.07, 6.45) is 6.24. The molecule has 0 N–H and O–H groups in total.